The minimum absolute atomic E-state index is 0.248. The molecule has 2 heterocycles. The molecule has 1 aromatic heterocycles. The van der Waals surface area contributed by atoms with Crippen LogP contribution in [-0.4, -0.2) is 49.3 Å². The van der Waals surface area contributed by atoms with Crippen molar-refractivity contribution in [3.8, 4) is 5.75 Å². The quantitative estimate of drug-likeness (QED) is 0.694. The maximum Gasteiger partial charge on any atom is 0.410 e. The molecular formula is C23H31N3O5S. The molecule has 2 aromatic rings. The third-order valence-corrected chi connectivity index (χ3v) is 5.62. The first kappa shape index (κ1) is 23.8. The Bertz CT molecular complexity index is 1010. The monoisotopic (exact) mass is 461 g/mol. The largest absolute Gasteiger partial charge is 0.487 e. The molecule has 1 aliphatic rings. The number of aromatic nitrogens is 1. The van der Waals surface area contributed by atoms with Crippen LogP contribution in [0.1, 0.15) is 50.8 Å². The number of hydrogen-bond donors (Lipinski definition) is 1. The molecule has 1 saturated heterocycles. The van der Waals surface area contributed by atoms with Crippen molar-refractivity contribution in [3.63, 3.8) is 0 Å². The first-order valence-corrected chi connectivity index (χ1v) is 12.5. The van der Waals surface area contributed by atoms with Crippen molar-refractivity contribution in [2.24, 2.45) is 0 Å². The molecular weight excluding hydrogens is 430 g/mol. The van der Waals surface area contributed by atoms with Gasteiger partial charge in [0.25, 0.3) is 0 Å². The lowest BCUT2D eigenvalue weighted by atomic mass is 9.90. The second-order valence-corrected chi connectivity index (χ2v) is 10.8. The lowest BCUT2D eigenvalue weighted by molar-refractivity contribution is 0.0204. The Morgan fingerprint density at radius 1 is 1.12 bits per heavy atom. The Balaban J connectivity index is 1.48. The fraction of sp³-hybridized carbons (Fsp3) is 0.478. The van der Waals surface area contributed by atoms with Gasteiger partial charge in [-0.3, -0.25) is 9.71 Å². The van der Waals surface area contributed by atoms with E-state index in [1.54, 1.807) is 29.2 Å². The van der Waals surface area contributed by atoms with E-state index in [2.05, 4.69) is 15.8 Å². The number of anilines is 1. The number of rotatable bonds is 6. The van der Waals surface area contributed by atoms with Gasteiger partial charge in [0.2, 0.25) is 10.0 Å². The van der Waals surface area contributed by atoms with E-state index in [1.165, 1.54) is 0 Å². The van der Waals surface area contributed by atoms with E-state index in [0.717, 1.165) is 30.4 Å². The number of likely N-dealkylation sites (tertiary alicyclic amines) is 1. The summed E-state index contributed by atoms with van der Waals surface area (Å²) in [5.41, 5.74) is 1.97. The van der Waals surface area contributed by atoms with Crippen LogP contribution in [0.5, 0.6) is 5.75 Å². The van der Waals surface area contributed by atoms with E-state index in [4.69, 9.17) is 9.47 Å². The van der Waals surface area contributed by atoms with Crippen LogP contribution in [0.3, 0.4) is 0 Å². The highest BCUT2D eigenvalue weighted by Crippen LogP contribution is 2.28. The fourth-order valence-corrected chi connectivity index (χ4v) is 4.04. The van der Waals surface area contributed by atoms with E-state index in [1.807, 2.05) is 33.0 Å². The molecule has 1 fully saturated rings. The number of carbonyl (C=O) groups is 1. The Morgan fingerprint density at radius 2 is 1.78 bits per heavy atom. The van der Waals surface area contributed by atoms with Gasteiger partial charge in [0, 0.05) is 25.0 Å². The first-order chi connectivity index (χ1) is 15.0. The zero-order valence-corrected chi connectivity index (χ0v) is 19.8. The number of piperidine rings is 1. The van der Waals surface area contributed by atoms with E-state index >= 15 is 0 Å². The summed E-state index contributed by atoms with van der Waals surface area (Å²) in [7, 11) is -3.30. The summed E-state index contributed by atoms with van der Waals surface area (Å²) in [6.45, 7) is 7.29. The van der Waals surface area contributed by atoms with Crippen LogP contribution in [0.15, 0.2) is 42.6 Å². The first-order valence-electron chi connectivity index (χ1n) is 10.6. The van der Waals surface area contributed by atoms with Crippen molar-refractivity contribution in [1.82, 2.24) is 9.88 Å². The SMILES string of the molecule is CC(C)(C)OC(=O)N1CCC(c2ccc(COc3ccc(NS(C)(=O)=O)cc3)nc2)CC1. The molecule has 0 spiro atoms. The van der Waals surface area contributed by atoms with Crippen molar-refractivity contribution >= 4 is 21.8 Å². The van der Waals surface area contributed by atoms with Crippen molar-refractivity contribution < 1.29 is 22.7 Å². The Labute approximate surface area is 190 Å². The van der Waals surface area contributed by atoms with E-state index in [9.17, 15) is 13.2 Å². The topological polar surface area (TPSA) is 97.8 Å². The zero-order valence-electron chi connectivity index (χ0n) is 19.0. The molecule has 174 valence electrons. The molecule has 32 heavy (non-hydrogen) atoms. The van der Waals surface area contributed by atoms with Crippen LogP contribution in [0, 0.1) is 0 Å². The van der Waals surface area contributed by atoms with Crippen molar-refractivity contribution in [1.29, 1.82) is 0 Å². The van der Waals surface area contributed by atoms with Gasteiger partial charge in [-0.05, 0) is 75.4 Å². The third kappa shape index (κ3) is 7.40. The molecule has 0 bridgehead atoms. The summed E-state index contributed by atoms with van der Waals surface area (Å²) in [4.78, 5) is 18.5. The van der Waals surface area contributed by atoms with Gasteiger partial charge in [0.1, 0.15) is 18.0 Å². The second kappa shape index (κ2) is 9.77. The van der Waals surface area contributed by atoms with Crippen LogP contribution in [0.2, 0.25) is 0 Å². The minimum Gasteiger partial charge on any atom is -0.487 e. The molecule has 8 nitrogen and oxygen atoms in total. The second-order valence-electron chi connectivity index (χ2n) is 9.01. The van der Waals surface area contributed by atoms with Gasteiger partial charge in [-0.25, -0.2) is 13.2 Å². The molecule has 0 unspecified atom stereocenters. The fourth-order valence-electron chi connectivity index (χ4n) is 3.48. The number of amides is 1. The molecule has 1 aliphatic heterocycles. The van der Waals surface area contributed by atoms with Crippen molar-refractivity contribution in [3.05, 3.63) is 53.9 Å². The summed E-state index contributed by atoms with van der Waals surface area (Å²) in [6.07, 6.45) is 4.50. The smallest absolute Gasteiger partial charge is 0.410 e. The summed E-state index contributed by atoms with van der Waals surface area (Å²) >= 11 is 0. The molecule has 0 radical (unpaired) electrons. The average molecular weight is 462 g/mol. The van der Waals surface area contributed by atoms with Crippen molar-refractivity contribution in [2.75, 3.05) is 24.1 Å². The maximum absolute atomic E-state index is 12.2. The van der Waals surface area contributed by atoms with E-state index in [0.29, 0.717) is 37.1 Å². The summed E-state index contributed by atoms with van der Waals surface area (Å²) in [5.74, 6) is 0.996. The number of hydrogen-bond acceptors (Lipinski definition) is 6. The van der Waals surface area contributed by atoms with Crippen molar-refractivity contribution in [2.45, 2.75) is 51.7 Å². The Kier molecular flexibility index (Phi) is 7.28. The van der Waals surface area contributed by atoms with Crippen LogP contribution >= 0.6 is 0 Å². The predicted octanol–water partition coefficient (Wildman–Crippen LogP) is 4.15. The van der Waals surface area contributed by atoms with Crippen LogP contribution < -0.4 is 9.46 Å². The van der Waals surface area contributed by atoms with Crippen LogP contribution in [0.4, 0.5) is 10.5 Å². The van der Waals surface area contributed by atoms with Gasteiger partial charge < -0.3 is 14.4 Å². The molecule has 9 heteroatoms. The lowest BCUT2D eigenvalue weighted by Crippen LogP contribution is -2.41. The summed E-state index contributed by atoms with van der Waals surface area (Å²) in [6, 6.07) is 10.7. The highest BCUT2D eigenvalue weighted by Gasteiger charge is 2.27. The van der Waals surface area contributed by atoms with Gasteiger partial charge in [-0.2, -0.15) is 0 Å². The number of nitrogens with one attached hydrogen (secondary N) is 1. The molecule has 3 rings (SSSR count). The van der Waals surface area contributed by atoms with Gasteiger partial charge in [0.05, 0.1) is 11.9 Å². The Hall–Kier alpha value is -2.81. The van der Waals surface area contributed by atoms with Gasteiger partial charge >= 0.3 is 6.09 Å². The highest BCUT2D eigenvalue weighted by atomic mass is 32.2. The molecule has 0 aliphatic carbocycles. The third-order valence-electron chi connectivity index (χ3n) is 5.01. The normalized spacial score (nSPS) is 15.3. The highest BCUT2D eigenvalue weighted by molar-refractivity contribution is 7.92. The van der Waals surface area contributed by atoms with Gasteiger partial charge in [-0.15, -0.1) is 0 Å². The zero-order chi connectivity index (χ0) is 23.4. The molecule has 1 N–H and O–H groups in total. The molecule has 1 aromatic carbocycles. The predicted molar refractivity (Wildman–Crippen MR) is 123 cm³/mol. The maximum atomic E-state index is 12.2. The number of nitrogens with zero attached hydrogens (tertiary/aromatic N) is 2. The number of sulfonamides is 1. The van der Waals surface area contributed by atoms with E-state index in [-0.39, 0.29) is 6.09 Å². The standard InChI is InChI=1S/C23H31N3O5S/c1-23(2,3)31-22(27)26-13-11-17(12-14-26)18-5-6-20(24-15-18)16-30-21-9-7-19(8-10-21)25-32(4,28)29/h5-10,15,17,25H,11-14,16H2,1-4H3. The lowest BCUT2D eigenvalue weighted by Gasteiger charge is -2.33. The number of carbonyl (C=O) groups excluding carboxylic acids is 1. The van der Waals surface area contributed by atoms with Gasteiger partial charge in [0.15, 0.2) is 0 Å². The number of benzene rings is 1. The average Bonchev–Trinajstić information content (AvgIpc) is 2.71. The number of ether oxygens (including phenoxy) is 2. The summed E-state index contributed by atoms with van der Waals surface area (Å²) in [5, 5.41) is 0. The van der Waals surface area contributed by atoms with Crippen LogP contribution in [0.25, 0.3) is 0 Å². The van der Waals surface area contributed by atoms with Crippen LogP contribution in [-0.2, 0) is 21.4 Å². The molecule has 0 atom stereocenters. The Morgan fingerprint density at radius 3 is 2.31 bits per heavy atom. The number of pyridine rings is 1. The molecule has 1 amide bonds. The van der Waals surface area contributed by atoms with E-state index < -0.39 is 15.6 Å². The molecule has 0 saturated carbocycles. The minimum atomic E-state index is -3.30. The summed E-state index contributed by atoms with van der Waals surface area (Å²) < 4.78 is 36.1. The van der Waals surface area contributed by atoms with Gasteiger partial charge in [-0.1, -0.05) is 6.07 Å².